The largest absolute Gasteiger partial charge is 0.325 e. The Morgan fingerprint density at radius 2 is 2.10 bits per heavy atom. The van der Waals surface area contributed by atoms with Crippen LogP contribution in [-0.2, 0) is 0 Å². The molecule has 0 unspecified atom stereocenters. The Morgan fingerprint density at radius 3 is 2.90 bits per heavy atom. The van der Waals surface area contributed by atoms with E-state index in [2.05, 4.69) is 32.7 Å². The highest BCUT2D eigenvalue weighted by Crippen LogP contribution is 2.06. The van der Waals surface area contributed by atoms with Crippen molar-refractivity contribution in [2.24, 2.45) is 5.10 Å². The molecule has 3 aromatic rings. The third kappa shape index (κ3) is 2.49. The number of aromatic amines is 1. The second-order valence-electron chi connectivity index (χ2n) is 4.28. The number of H-pyrrole nitrogens is 1. The molecule has 0 fully saturated rings. The van der Waals surface area contributed by atoms with Crippen LogP contribution < -0.4 is 9.94 Å². The van der Waals surface area contributed by atoms with Crippen molar-refractivity contribution in [3.8, 4) is 0 Å². The number of benzene rings is 1. The summed E-state index contributed by atoms with van der Waals surface area (Å²) in [5.41, 5.74) is 5.85. The Labute approximate surface area is 116 Å². The van der Waals surface area contributed by atoms with Gasteiger partial charge in [0.2, 0.25) is 6.33 Å². The van der Waals surface area contributed by atoms with E-state index in [1.165, 1.54) is 0 Å². The summed E-state index contributed by atoms with van der Waals surface area (Å²) >= 11 is 0. The maximum atomic E-state index is 4.43. The second kappa shape index (κ2) is 5.48. The van der Waals surface area contributed by atoms with Crippen molar-refractivity contribution in [3.63, 3.8) is 0 Å². The fourth-order valence-corrected chi connectivity index (χ4v) is 1.93. The fraction of sp³-hybridized carbons (Fsp3) is 0.143. The van der Waals surface area contributed by atoms with Gasteiger partial charge in [-0.25, -0.2) is 0 Å². The molecular formula is C14H15N6+. The number of nitrogens with one attached hydrogen (secondary N) is 2. The van der Waals surface area contributed by atoms with E-state index in [9.17, 15) is 0 Å². The lowest BCUT2D eigenvalue weighted by atomic mass is 10.1. The Morgan fingerprint density at radius 1 is 1.25 bits per heavy atom. The molecule has 6 nitrogen and oxygen atoms in total. The van der Waals surface area contributed by atoms with Gasteiger partial charge in [0.05, 0.1) is 5.71 Å². The highest BCUT2D eigenvalue weighted by atomic mass is 15.4. The van der Waals surface area contributed by atoms with Crippen LogP contribution >= 0.6 is 0 Å². The van der Waals surface area contributed by atoms with Gasteiger partial charge >= 0.3 is 5.65 Å². The maximum absolute atomic E-state index is 4.43. The quantitative estimate of drug-likeness (QED) is 0.430. The minimum atomic E-state index is 0.672. The van der Waals surface area contributed by atoms with E-state index >= 15 is 0 Å². The van der Waals surface area contributed by atoms with Gasteiger partial charge in [0, 0.05) is 11.2 Å². The lowest BCUT2D eigenvalue weighted by Gasteiger charge is -2.04. The van der Waals surface area contributed by atoms with Crippen molar-refractivity contribution in [1.29, 1.82) is 0 Å². The number of fused-ring (bicyclic) bond motifs is 1. The van der Waals surface area contributed by atoms with Crippen LogP contribution in [0.1, 0.15) is 18.9 Å². The molecule has 0 radical (unpaired) electrons. The first-order chi connectivity index (χ1) is 9.86. The third-order valence-electron chi connectivity index (χ3n) is 2.95. The number of hydrogen-bond donors (Lipinski definition) is 2. The van der Waals surface area contributed by atoms with E-state index in [1.54, 1.807) is 10.8 Å². The van der Waals surface area contributed by atoms with Crippen LogP contribution in [0.3, 0.4) is 0 Å². The number of rotatable bonds is 4. The molecule has 2 N–H and O–H groups in total. The topological polar surface area (TPSA) is 70.1 Å². The molecule has 0 aliphatic carbocycles. The molecule has 0 bridgehead atoms. The number of nitrogens with zero attached hydrogens (tertiary/aromatic N) is 4. The zero-order chi connectivity index (χ0) is 13.8. The average molecular weight is 267 g/mol. The SMILES string of the molecule is CCC(=NNc1ccc2n[nH]c[n+]2n1)c1ccccc1. The minimum absolute atomic E-state index is 0.672. The van der Waals surface area contributed by atoms with Crippen LogP contribution in [0.5, 0.6) is 0 Å². The molecule has 0 aliphatic heterocycles. The minimum Gasteiger partial charge on any atom is -0.259 e. The van der Waals surface area contributed by atoms with E-state index in [1.807, 2.05) is 42.5 Å². The predicted octanol–water partition coefficient (Wildman–Crippen LogP) is 1.77. The first kappa shape index (κ1) is 12.3. The average Bonchev–Trinajstić information content (AvgIpc) is 2.96. The molecule has 20 heavy (non-hydrogen) atoms. The van der Waals surface area contributed by atoms with E-state index in [4.69, 9.17) is 0 Å². The second-order valence-corrected chi connectivity index (χ2v) is 4.28. The summed E-state index contributed by atoms with van der Waals surface area (Å²) in [6.45, 7) is 2.08. The first-order valence-corrected chi connectivity index (χ1v) is 6.47. The van der Waals surface area contributed by atoms with Gasteiger partial charge in [0.1, 0.15) is 0 Å². The van der Waals surface area contributed by atoms with Crippen LogP contribution in [-0.4, -0.2) is 21.0 Å². The molecule has 6 heteroatoms. The van der Waals surface area contributed by atoms with Gasteiger partial charge < -0.3 is 0 Å². The maximum Gasteiger partial charge on any atom is 0.325 e. The molecule has 0 amide bonds. The molecule has 2 heterocycles. The van der Waals surface area contributed by atoms with Crippen molar-refractivity contribution >= 4 is 17.2 Å². The molecular weight excluding hydrogens is 252 g/mol. The van der Waals surface area contributed by atoms with Crippen molar-refractivity contribution in [2.45, 2.75) is 13.3 Å². The smallest absolute Gasteiger partial charge is 0.259 e. The predicted molar refractivity (Wildman–Crippen MR) is 76.4 cm³/mol. The number of anilines is 1. The monoisotopic (exact) mass is 267 g/mol. The molecule has 2 aromatic heterocycles. The summed E-state index contributed by atoms with van der Waals surface area (Å²) in [5.74, 6) is 0.672. The molecule has 0 atom stereocenters. The zero-order valence-electron chi connectivity index (χ0n) is 11.1. The van der Waals surface area contributed by atoms with Gasteiger partial charge in [-0.15, -0.1) is 9.61 Å². The van der Waals surface area contributed by atoms with Crippen molar-refractivity contribution in [3.05, 3.63) is 54.4 Å². The molecule has 100 valence electrons. The zero-order valence-corrected chi connectivity index (χ0v) is 11.1. The lowest BCUT2D eigenvalue weighted by Crippen LogP contribution is -2.24. The highest BCUT2D eigenvalue weighted by molar-refractivity contribution is 6.00. The Balaban J connectivity index is 1.84. The Bertz CT molecular complexity index is 732. The van der Waals surface area contributed by atoms with Gasteiger partial charge in [-0.2, -0.15) is 5.10 Å². The van der Waals surface area contributed by atoms with Crippen LogP contribution in [0.15, 0.2) is 53.9 Å². The van der Waals surface area contributed by atoms with E-state index < -0.39 is 0 Å². The van der Waals surface area contributed by atoms with E-state index in [0.29, 0.717) is 5.82 Å². The number of hydrazone groups is 1. The molecule has 3 rings (SSSR count). The normalized spacial score (nSPS) is 11.8. The van der Waals surface area contributed by atoms with Crippen LogP contribution in [0.25, 0.3) is 5.65 Å². The van der Waals surface area contributed by atoms with Gasteiger partial charge in [-0.05, 0) is 18.1 Å². The summed E-state index contributed by atoms with van der Waals surface area (Å²) in [5, 5.41) is 15.6. The van der Waals surface area contributed by atoms with Gasteiger partial charge in [0.15, 0.2) is 5.82 Å². The highest BCUT2D eigenvalue weighted by Gasteiger charge is 2.05. The van der Waals surface area contributed by atoms with Crippen molar-refractivity contribution < 1.29 is 4.52 Å². The summed E-state index contributed by atoms with van der Waals surface area (Å²) in [4.78, 5) is 0. The summed E-state index contributed by atoms with van der Waals surface area (Å²) in [6.07, 6.45) is 2.53. The van der Waals surface area contributed by atoms with Crippen LogP contribution in [0.4, 0.5) is 5.82 Å². The Kier molecular flexibility index (Phi) is 3.36. The van der Waals surface area contributed by atoms with Gasteiger partial charge in [0.25, 0.3) is 0 Å². The fourth-order valence-electron chi connectivity index (χ4n) is 1.93. The van der Waals surface area contributed by atoms with E-state index in [-0.39, 0.29) is 0 Å². The van der Waals surface area contributed by atoms with Gasteiger partial charge in [-0.1, -0.05) is 42.4 Å². The standard InChI is InChI=1S/C14H14N6/c1-2-12(11-6-4-3-5-7-11)16-17-13-8-9-14-18-15-10-20(14)19-13/h3-10H,2H2,1H3,(H,17,19)/p+1. The molecule has 0 spiro atoms. The first-order valence-electron chi connectivity index (χ1n) is 6.47. The van der Waals surface area contributed by atoms with Crippen LogP contribution in [0, 0.1) is 0 Å². The molecule has 0 aliphatic rings. The summed E-state index contributed by atoms with van der Waals surface area (Å²) < 4.78 is 1.66. The molecule has 1 aromatic carbocycles. The Hall–Kier alpha value is -2.76. The summed E-state index contributed by atoms with van der Waals surface area (Å²) in [7, 11) is 0. The lowest BCUT2D eigenvalue weighted by molar-refractivity contribution is -0.579. The third-order valence-corrected chi connectivity index (χ3v) is 2.95. The van der Waals surface area contributed by atoms with Gasteiger partial charge in [-0.3, -0.25) is 5.43 Å². The van der Waals surface area contributed by atoms with Crippen molar-refractivity contribution in [2.75, 3.05) is 5.43 Å². The molecule has 0 saturated heterocycles. The van der Waals surface area contributed by atoms with Crippen LogP contribution in [0.2, 0.25) is 0 Å². The molecule has 0 saturated carbocycles. The van der Waals surface area contributed by atoms with Crippen molar-refractivity contribution in [1.82, 2.24) is 15.3 Å². The number of aromatic nitrogens is 4. The van der Waals surface area contributed by atoms with E-state index in [0.717, 1.165) is 23.3 Å². The number of hydrogen-bond acceptors (Lipinski definition) is 4. The summed E-state index contributed by atoms with van der Waals surface area (Å²) in [6, 6.07) is 13.8.